The first-order valence-electron chi connectivity index (χ1n) is 24.1. The fraction of sp³-hybridized carbons (Fsp3) is 0.527. The Balaban J connectivity index is 1.14. The Labute approximate surface area is 408 Å². The van der Waals surface area contributed by atoms with Crippen LogP contribution in [0.15, 0.2) is 76.9 Å². The van der Waals surface area contributed by atoms with Gasteiger partial charge in [0.05, 0.1) is 30.4 Å². The third-order valence-electron chi connectivity index (χ3n) is 14.8. The van der Waals surface area contributed by atoms with E-state index < -0.39 is 88.5 Å². The van der Waals surface area contributed by atoms with Gasteiger partial charge in [-0.05, 0) is 131 Å². The number of aliphatic hydroxyl groups is 2. The molecule has 5 unspecified atom stereocenters. The summed E-state index contributed by atoms with van der Waals surface area (Å²) in [6.07, 6.45) is 7.47. The third kappa shape index (κ3) is 8.16. The highest BCUT2D eigenvalue weighted by molar-refractivity contribution is 6.19. The van der Waals surface area contributed by atoms with Gasteiger partial charge in [0.25, 0.3) is 0 Å². The molecule has 15 nitrogen and oxygen atoms in total. The first-order valence-corrected chi connectivity index (χ1v) is 24.1. The van der Waals surface area contributed by atoms with Crippen molar-refractivity contribution in [3.05, 3.63) is 99.2 Å². The van der Waals surface area contributed by atoms with E-state index in [4.69, 9.17) is 42.6 Å². The van der Waals surface area contributed by atoms with E-state index >= 15 is 4.79 Å². The van der Waals surface area contributed by atoms with Gasteiger partial charge in [0, 0.05) is 35.0 Å². The van der Waals surface area contributed by atoms with Gasteiger partial charge in [0.2, 0.25) is 6.29 Å². The number of esters is 2. The molecule has 374 valence electrons. The summed E-state index contributed by atoms with van der Waals surface area (Å²) in [6, 6.07) is 5.95. The summed E-state index contributed by atoms with van der Waals surface area (Å²) in [5, 5.41) is 21.9. The summed E-state index contributed by atoms with van der Waals surface area (Å²) in [7, 11) is 1.28. The van der Waals surface area contributed by atoms with Crippen LogP contribution >= 0.6 is 0 Å². The minimum atomic E-state index is -1.71. The standard InChI is InChI=1S/C55H64O15/c1-28(2)13-12-22-53(10)23-21-35-43(68-53)34(19-14-29(3)4)45-39(40(56)36-25-32-26-38-51(6,7)70-54(47(32)59,55(36,38)69-45)24-20-30(5)48(60)62-11)44(35)66-49(61)31-15-17-33(18-16-31)64-50-42(58)41(57)46-37(65-50)27-63-52(8,9)67-46/h13-18,20-21,23,25,32,37-38,41-42,46,50,57-58H,12,19,22,24,26-27H2,1-11H3/t32?,37-,38?,41+,42-,46-,50-,53?,54?,55?/m1/s1. The van der Waals surface area contributed by atoms with Crippen LogP contribution in [0.1, 0.15) is 127 Å². The molecule has 2 aromatic rings. The number of carbonyl (C=O) groups excluding carboxylic acids is 4. The van der Waals surface area contributed by atoms with Gasteiger partial charge >= 0.3 is 11.9 Å². The van der Waals surface area contributed by atoms with Crippen LogP contribution in [-0.2, 0) is 39.7 Å². The number of benzene rings is 2. The average molecular weight is 965 g/mol. The fourth-order valence-electron chi connectivity index (χ4n) is 11.3. The van der Waals surface area contributed by atoms with Crippen molar-refractivity contribution in [2.24, 2.45) is 11.8 Å². The molecule has 4 fully saturated rings. The van der Waals surface area contributed by atoms with Gasteiger partial charge in [-0.25, -0.2) is 9.59 Å². The van der Waals surface area contributed by atoms with Crippen molar-refractivity contribution in [2.75, 3.05) is 13.7 Å². The lowest BCUT2D eigenvalue weighted by Crippen LogP contribution is -2.72. The van der Waals surface area contributed by atoms with Gasteiger partial charge in [-0.3, -0.25) is 9.59 Å². The predicted molar refractivity (Wildman–Crippen MR) is 255 cm³/mol. The highest BCUT2D eigenvalue weighted by atomic mass is 16.8. The average Bonchev–Trinajstić information content (AvgIpc) is 3.46. The first kappa shape index (κ1) is 49.6. The second-order valence-corrected chi connectivity index (χ2v) is 21.3. The van der Waals surface area contributed by atoms with Crippen molar-refractivity contribution >= 4 is 29.6 Å². The zero-order valence-corrected chi connectivity index (χ0v) is 41.8. The number of allylic oxidation sites excluding steroid dienone is 5. The molecule has 3 aliphatic carbocycles. The molecule has 70 heavy (non-hydrogen) atoms. The molecule has 1 spiro atoms. The Morgan fingerprint density at radius 2 is 1.61 bits per heavy atom. The van der Waals surface area contributed by atoms with Crippen LogP contribution in [0.25, 0.3) is 6.08 Å². The highest BCUT2D eigenvalue weighted by Gasteiger charge is 2.81. The molecule has 0 radical (unpaired) electrons. The maximum atomic E-state index is 15.8. The van der Waals surface area contributed by atoms with Crippen LogP contribution in [0, 0.1) is 11.8 Å². The number of fused-ring (bicyclic) bond motifs is 3. The van der Waals surface area contributed by atoms with Gasteiger partial charge in [-0.2, -0.15) is 0 Å². The van der Waals surface area contributed by atoms with Crippen LogP contribution in [0.3, 0.4) is 0 Å². The van der Waals surface area contributed by atoms with Gasteiger partial charge in [0.1, 0.15) is 52.8 Å². The third-order valence-corrected chi connectivity index (χ3v) is 14.8. The number of hydrogen-bond acceptors (Lipinski definition) is 15. The number of methoxy groups -OCH3 is 1. The molecule has 10 rings (SSSR count). The molecule has 0 aromatic heterocycles. The zero-order valence-electron chi connectivity index (χ0n) is 41.8. The van der Waals surface area contributed by atoms with E-state index in [1.165, 1.54) is 36.9 Å². The fourth-order valence-corrected chi connectivity index (χ4v) is 11.3. The number of Topliss-reactive ketones (excluding diaryl/α,β-unsaturated/α-hetero) is 2. The number of ether oxygens (including phenoxy) is 9. The summed E-state index contributed by atoms with van der Waals surface area (Å²) >= 11 is 0. The maximum absolute atomic E-state index is 15.8. The smallest absolute Gasteiger partial charge is 0.343 e. The van der Waals surface area contributed by atoms with Crippen molar-refractivity contribution < 1.29 is 72.0 Å². The van der Waals surface area contributed by atoms with Gasteiger partial charge in [-0.15, -0.1) is 0 Å². The molecule has 10 atom stereocenters. The van der Waals surface area contributed by atoms with Crippen molar-refractivity contribution in [1.82, 2.24) is 0 Å². The second-order valence-electron chi connectivity index (χ2n) is 21.3. The predicted octanol–water partition coefficient (Wildman–Crippen LogP) is 7.82. The Hall–Kier alpha value is -5.42. The Morgan fingerprint density at radius 1 is 0.900 bits per heavy atom. The Morgan fingerprint density at radius 3 is 2.30 bits per heavy atom. The number of hydrogen-bond donors (Lipinski definition) is 2. The number of aliphatic hydroxyl groups excluding tert-OH is 2. The summed E-state index contributed by atoms with van der Waals surface area (Å²) in [5.41, 5.74) is -1.46. The topological polar surface area (TPSA) is 192 Å². The molecule has 5 heterocycles. The summed E-state index contributed by atoms with van der Waals surface area (Å²) in [5.74, 6) is -3.60. The number of ketones is 2. The van der Waals surface area contributed by atoms with Crippen LogP contribution in [0.4, 0.5) is 0 Å². The van der Waals surface area contributed by atoms with Crippen molar-refractivity contribution in [2.45, 2.75) is 160 Å². The Kier molecular flexibility index (Phi) is 12.5. The lowest BCUT2D eigenvalue weighted by atomic mass is 9.51. The molecule has 8 aliphatic rings. The van der Waals surface area contributed by atoms with Gasteiger partial charge < -0.3 is 52.8 Å². The van der Waals surface area contributed by atoms with E-state index in [1.54, 1.807) is 32.9 Å². The van der Waals surface area contributed by atoms with Crippen LogP contribution < -0.4 is 18.9 Å². The lowest BCUT2D eigenvalue weighted by molar-refractivity contribution is -0.373. The highest BCUT2D eigenvalue weighted by Crippen LogP contribution is 2.69. The minimum Gasteiger partial charge on any atom is -0.482 e. The molecule has 4 bridgehead atoms. The van der Waals surface area contributed by atoms with E-state index in [2.05, 4.69) is 6.08 Å². The lowest BCUT2D eigenvalue weighted by Gasteiger charge is -2.56. The number of carbonyl (C=O) groups is 4. The molecular formula is C55H64O15. The van der Waals surface area contributed by atoms with E-state index in [0.29, 0.717) is 36.1 Å². The zero-order chi connectivity index (χ0) is 50.5. The largest absolute Gasteiger partial charge is 0.482 e. The molecule has 2 aromatic carbocycles. The Bertz CT molecular complexity index is 2680. The van der Waals surface area contributed by atoms with E-state index in [9.17, 15) is 24.6 Å². The second kappa shape index (κ2) is 17.7. The van der Waals surface area contributed by atoms with Crippen LogP contribution in [0.2, 0.25) is 0 Å². The summed E-state index contributed by atoms with van der Waals surface area (Å²) < 4.78 is 56.4. The molecule has 15 heteroatoms. The number of rotatable bonds is 12. The first-order chi connectivity index (χ1) is 32.9. The normalized spacial score (nSPS) is 32.7. The van der Waals surface area contributed by atoms with Gasteiger partial charge in [-0.1, -0.05) is 35.5 Å². The SMILES string of the molecule is COC(=O)C(C)=CCC12OC(C)(C)C3CC(C=C4C(=O)c5c(OC(=O)c6ccc(O[C@@H]7O[C@@H]8COC(C)(C)O[C@H]8[C@@H](O)[C@H]7O)cc6)c6c(c(CC=C(C)C)c5OC431)OC(C)(CCC=C(C)C)C=C6)C2=O. The van der Waals surface area contributed by atoms with Crippen LogP contribution in [-0.4, -0.2) is 106 Å². The molecular weight excluding hydrogens is 901 g/mol. The van der Waals surface area contributed by atoms with Gasteiger partial charge in [0.15, 0.2) is 34.3 Å². The van der Waals surface area contributed by atoms with Crippen molar-refractivity contribution in [3.63, 3.8) is 0 Å². The quantitative estimate of drug-likeness (QED) is 0.0905. The van der Waals surface area contributed by atoms with Crippen molar-refractivity contribution in [3.8, 4) is 23.0 Å². The summed E-state index contributed by atoms with van der Waals surface area (Å²) in [4.78, 5) is 57.9. The molecule has 5 aliphatic heterocycles. The minimum absolute atomic E-state index is 0.00970. The van der Waals surface area contributed by atoms with Crippen molar-refractivity contribution in [1.29, 1.82) is 0 Å². The monoisotopic (exact) mass is 964 g/mol. The summed E-state index contributed by atoms with van der Waals surface area (Å²) in [6.45, 7) is 18.9. The molecule has 1 saturated carbocycles. The molecule has 3 saturated heterocycles. The maximum Gasteiger partial charge on any atom is 0.343 e. The van der Waals surface area contributed by atoms with E-state index in [0.717, 1.165) is 5.57 Å². The van der Waals surface area contributed by atoms with E-state index in [-0.39, 0.29) is 64.8 Å². The van der Waals surface area contributed by atoms with E-state index in [1.807, 2.05) is 66.7 Å². The molecule has 0 amide bonds. The van der Waals surface area contributed by atoms with Crippen LogP contribution in [0.5, 0.6) is 23.0 Å². The molecule has 2 N–H and O–H groups in total.